The van der Waals surface area contributed by atoms with Gasteiger partial charge in [0.25, 0.3) is 11.6 Å². The molecule has 0 atom stereocenters. The molecule has 0 N–H and O–H groups in total. The molecule has 0 saturated heterocycles. The van der Waals surface area contributed by atoms with Crippen LogP contribution in [0, 0.1) is 6.92 Å². The van der Waals surface area contributed by atoms with Gasteiger partial charge in [0.15, 0.2) is 6.61 Å². The Balaban J connectivity index is 1.48. The molecule has 0 radical (unpaired) electrons. The van der Waals surface area contributed by atoms with Crippen LogP contribution in [0.5, 0.6) is 0 Å². The summed E-state index contributed by atoms with van der Waals surface area (Å²) < 4.78 is 10.5. The van der Waals surface area contributed by atoms with Crippen molar-refractivity contribution >= 4 is 34.3 Å². The van der Waals surface area contributed by atoms with Gasteiger partial charge in [-0.2, -0.15) is 11.3 Å². The average molecular weight is 385 g/mol. The fourth-order valence-electron chi connectivity index (χ4n) is 2.92. The zero-order chi connectivity index (χ0) is 19.0. The Labute approximate surface area is 159 Å². The number of carbonyl (C=O) groups is 2. The molecule has 1 saturated carbocycles. The van der Waals surface area contributed by atoms with Crippen LogP contribution < -0.4 is 0 Å². The van der Waals surface area contributed by atoms with E-state index in [2.05, 4.69) is 10.1 Å². The zero-order valence-electron chi connectivity index (χ0n) is 15.1. The van der Waals surface area contributed by atoms with Crippen LogP contribution >= 0.6 is 11.3 Å². The molecule has 0 aromatic carbocycles. The molecule has 8 heteroatoms. The summed E-state index contributed by atoms with van der Waals surface area (Å²) >= 11 is 1.58. The second kappa shape index (κ2) is 7.11. The molecule has 27 heavy (non-hydrogen) atoms. The van der Waals surface area contributed by atoms with Gasteiger partial charge in [0, 0.05) is 25.2 Å². The molecule has 1 aliphatic carbocycles. The van der Waals surface area contributed by atoms with Crippen LogP contribution in [0.1, 0.15) is 46.1 Å². The van der Waals surface area contributed by atoms with Gasteiger partial charge in [0.2, 0.25) is 0 Å². The van der Waals surface area contributed by atoms with Crippen molar-refractivity contribution in [3.05, 3.63) is 45.4 Å². The first-order chi connectivity index (χ1) is 13.0. The van der Waals surface area contributed by atoms with E-state index in [-0.39, 0.29) is 12.5 Å². The SMILES string of the molecule is Cc1noc2nc(C3CC3)cc(C(=O)OCC(=O)N(C)Cc3ccsc3)c12. The molecule has 0 spiro atoms. The normalized spacial score (nSPS) is 13.7. The van der Waals surface area contributed by atoms with Gasteiger partial charge < -0.3 is 14.2 Å². The molecule has 7 nitrogen and oxygen atoms in total. The highest BCUT2D eigenvalue weighted by molar-refractivity contribution is 7.07. The van der Waals surface area contributed by atoms with Crippen molar-refractivity contribution in [2.45, 2.75) is 32.2 Å². The number of amides is 1. The van der Waals surface area contributed by atoms with Gasteiger partial charge in [-0.3, -0.25) is 4.79 Å². The molecule has 4 rings (SSSR count). The Bertz CT molecular complexity index is 992. The van der Waals surface area contributed by atoms with Gasteiger partial charge >= 0.3 is 5.97 Å². The van der Waals surface area contributed by atoms with Crippen molar-refractivity contribution < 1.29 is 18.8 Å². The van der Waals surface area contributed by atoms with E-state index in [0.29, 0.717) is 34.8 Å². The summed E-state index contributed by atoms with van der Waals surface area (Å²) in [6.45, 7) is 1.92. The highest BCUT2D eigenvalue weighted by Gasteiger charge is 2.29. The maximum Gasteiger partial charge on any atom is 0.339 e. The monoisotopic (exact) mass is 385 g/mol. The third-order valence-electron chi connectivity index (χ3n) is 4.60. The minimum atomic E-state index is -0.562. The Morgan fingerprint density at radius 3 is 2.93 bits per heavy atom. The van der Waals surface area contributed by atoms with Crippen LogP contribution in [-0.2, 0) is 16.1 Å². The lowest BCUT2D eigenvalue weighted by atomic mass is 10.1. The highest BCUT2D eigenvalue weighted by Crippen LogP contribution is 2.40. The van der Waals surface area contributed by atoms with Crippen LogP contribution in [0.3, 0.4) is 0 Å². The van der Waals surface area contributed by atoms with Gasteiger partial charge in [0.05, 0.1) is 16.6 Å². The van der Waals surface area contributed by atoms with Gasteiger partial charge in [0.1, 0.15) is 0 Å². The fourth-order valence-corrected chi connectivity index (χ4v) is 3.58. The summed E-state index contributed by atoms with van der Waals surface area (Å²) in [6, 6.07) is 3.70. The summed E-state index contributed by atoms with van der Waals surface area (Å²) in [5.41, 5.74) is 3.13. The van der Waals surface area contributed by atoms with Crippen molar-refractivity contribution in [3.8, 4) is 0 Å². The van der Waals surface area contributed by atoms with Crippen molar-refractivity contribution in [1.82, 2.24) is 15.0 Å². The fraction of sp³-hybridized carbons (Fsp3) is 0.368. The molecule has 3 heterocycles. The van der Waals surface area contributed by atoms with E-state index in [1.54, 1.807) is 31.4 Å². The van der Waals surface area contributed by atoms with E-state index >= 15 is 0 Å². The molecule has 1 aliphatic rings. The third-order valence-corrected chi connectivity index (χ3v) is 5.34. The molecule has 3 aromatic rings. The van der Waals surface area contributed by atoms with E-state index in [4.69, 9.17) is 9.26 Å². The van der Waals surface area contributed by atoms with Crippen molar-refractivity contribution in [1.29, 1.82) is 0 Å². The number of thiophene rings is 1. The molecular formula is C19H19N3O4S. The lowest BCUT2D eigenvalue weighted by Crippen LogP contribution is -2.30. The van der Waals surface area contributed by atoms with Crippen LogP contribution in [0.4, 0.5) is 0 Å². The number of aryl methyl sites for hydroxylation is 1. The van der Waals surface area contributed by atoms with Gasteiger partial charge in [-0.05, 0) is 48.2 Å². The van der Waals surface area contributed by atoms with Crippen molar-refractivity contribution in [2.75, 3.05) is 13.7 Å². The Morgan fingerprint density at radius 2 is 2.22 bits per heavy atom. The third kappa shape index (κ3) is 3.71. The number of esters is 1. The number of carbonyl (C=O) groups excluding carboxylic acids is 2. The predicted molar refractivity (Wildman–Crippen MR) is 99.6 cm³/mol. The quantitative estimate of drug-likeness (QED) is 0.605. The molecular weight excluding hydrogens is 366 g/mol. The lowest BCUT2D eigenvalue weighted by Gasteiger charge is -2.16. The summed E-state index contributed by atoms with van der Waals surface area (Å²) in [6.07, 6.45) is 2.10. The van der Waals surface area contributed by atoms with E-state index in [9.17, 15) is 9.59 Å². The van der Waals surface area contributed by atoms with Crippen LogP contribution in [0.25, 0.3) is 11.1 Å². The summed E-state index contributed by atoms with van der Waals surface area (Å²) in [4.78, 5) is 30.9. The molecule has 0 unspecified atom stereocenters. The lowest BCUT2D eigenvalue weighted by molar-refractivity contribution is -0.133. The molecule has 0 aliphatic heterocycles. The van der Waals surface area contributed by atoms with Crippen molar-refractivity contribution in [2.24, 2.45) is 0 Å². The summed E-state index contributed by atoms with van der Waals surface area (Å²) in [5, 5.41) is 8.39. The van der Waals surface area contributed by atoms with E-state index in [0.717, 1.165) is 24.1 Å². The van der Waals surface area contributed by atoms with Gasteiger partial charge in [-0.25, -0.2) is 9.78 Å². The highest BCUT2D eigenvalue weighted by atomic mass is 32.1. The van der Waals surface area contributed by atoms with Gasteiger partial charge in [-0.15, -0.1) is 0 Å². The first-order valence-corrected chi connectivity index (χ1v) is 9.66. The number of fused-ring (bicyclic) bond motifs is 1. The molecule has 3 aromatic heterocycles. The number of nitrogens with zero attached hydrogens (tertiary/aromatic N) is 3. The predicted octanol–water partition coefficient (Wildman–Crippen LogP) is 3.29. The molecule has 0 bridgehead atoms. The smallest absolute Gasteiger partial charge is 0.339 e. The van der Waals surface area contributed by atoms with Crippen molar-refractivity contribution in [3.63, 3.8) is 0 Å². The number of rotatable bonds is 6. The second-order valence-corrected chi connectivity index (χ2v) is 7.55. The number of hydrogen-bond acceptors (Lipinski definition) is 7. The maximum atomic E-state index is 12.7. The standard InChI is InChI=1S/C19H19N3O4S/c1-11-17-14(7-15(13-3-4-13)20-18(17)26-21-11)19(24)25-9-16(23)22(2)8-12-5-6-27-10-12/h5-7,10,13H,3-4,8-9H2,1-2H3. The van der Waals surface area contributed by atoms with Crippen LogP contribution in [0.15, 0.2) is 27.4 Å². The number of aromatic nitrogens is 2. The molecule has 1 fully saturated rings. The maximum absolute atomic E-state index is 12.7. The first kappa shape index (κ1) is 17.7. The van der Waals surface area contributed by atoms with Gasteiger partial charge in [-0.1, -0.05) is 5.16 Å². The van der Waals surface area contributed by atoms with E-state index in [1.807, 2.05) is 16.8 Å². The Hall–Kier alpha value is -2.74. The average Bonchev–Trinajstić information content (AvgIpc) is 3.28. The minimum absolute atomic E-state index is 0.260. The van der Waals surface area contributed by atoms with E-state index in [1.165, 1.54) is 4.90 Å². The Morgan fingerprint density at radius 1 is 1.41 bits per heavy atom. The first-order valence-electron chi connectivity index (χ1n) is 8.72. The summed E-state index contributed by atoms with van der Waals surface area (Å²) in [7, 11) is 1.69. The molecule has 1 amide bonds. The largest absolute Gasteiger partial charge is 0.452 e. The number of pyridine rings is 1. The zero-order valence-corrected chi connectivity index (χ0v) is 15.9. The van der Waals surface area contributed by atoms with E-state index < -0.39 is 5.97 Å². The van der Waals surface area contributed by atoms with Crippen LogP contribution in [0.2, 0.25) is 0 Å². The number of ether oxygens (including phenoxy) is 1. The number of likely N-dealkylation sites (N-methyl/N-ethyl adjacent to an activating group) is 1. The Kier molecular flexibility index (Phi) is 4.65. The minimum Gasteiger partial charge on any atom is -0.452 e. The molecule has 140 valence electrons. The summed E-state index contributed by atoms with van der Waals surface area (Å²) in [5.74, 6) is -0.470. The number of hydrogen-bond donors (Lipinski definition) is 0. The topological polar surface area (TPSA) is 85.5 Å². The second-order valence-electron chi connectivity index (χ2n) is 6.77. The van der Waals surface area contributed by atoms with Crippen LogP contribution in [-0.4, -0.2) is 40.6 Å².